The van der Waals surface area contributed by atoms with Gasteiger partial charge in [0.2, 0.25) is 0 Å². The lowest BCUT2D eigenvalue weighted by molar-refractivity contribution is -0.147. The molecule has 0 aliphatic carbocycles. The Hall–Kier alpha value is -2.34. The molecule has 0 aromatic rings. The van der Waals surface area contributed by atoms with Gasteiger partial charge in [0.15, 0.2) is 6.10 Å². The van der Waals surface area contributed by atoms with E-state index in [1.807, 2.05) is 6.07 Å². The molecule has 9 heteroatoms. The summed E-state index contributed by atoms with van der Waals surface area (Å²) in [7, 11) is 1.13. The summed E-state index contributed by atoms with van der Waals surface area (Å²) in [4.78, 5) is 35.2. The monoisotopic (exact) mass is 285 g/mol. The van der Waals surface area contributed by atoms with E-state index in [9.17, 15) is 14.4 Å². The van der Waals surface area contributed by atoms with Crippen molar-refractivity contribution in [3.63, 3.8) is 0 Å². The van der Waals surface area contributed by atoms with Gasteiger partial charge in [0.05, 0.1) is 32.8 Å². The fourth-order valence-electron chi connectivity index (χ4n) is 1.60. The third-order valence-electron chi connectivity index (χ3n) is 2.69. The van der Waals surface area contributed by atoms with Crippen LogP contribution in [-0.4, -0.2) is 66.9 Å². The van der Waals surface area contributed by atoms with Crippen LogP contribution < -0.4 is 5.32 Å². The van der Waals surface area contributed by atoms with E-state index in [4.69, 9.17) is 15.1 Å². The number of aliphatic carboxylic acids is 1. The molecule has 1 saturated heterocycles. The topological polar surface area (TPSA) is 129 Å². The smallest absolute Gasteiger partial charge is 0.326 e. The minimum absolute atomic E-state index is 0.0485. The normalized spacial score (nSPS) is 19.6. The third kappa shape index (κ3) is 4.40. The Kier molecular flexibility index (Phi) is 5.74. The fourth-order valence-corrected chi connectivity index (χ4v) is 1.60. The molecule has 0 aromatic carbocycles. The zero-order valence-electron chi connectivity index (χ0n) is 10.9. The molecule has 0 saturated carbocycles. The first-order valence-electron chi connectivity index (χ1n) is 5.84. The van der Waals surface area contributed by atoms with E-state index in [2.05, 4.69) is 10.1 Å². The number of nitriles is 1. The van der Waals surface area contributed by atoms with Crippen LogP contribution in [0.25, 0.3) is 0 Å². The van der Waals surface area contributed by atoms with Gasteiger partial charge in [-0.15, -0.1) is 0 Å². The summed E-state index contributed by atoms with van der Waals surface area (Å²) < 4.78 is 9.43. The van der Waals surface area contributed by atoms with Crippen LogP contribution in [0.15, 0.2) is 0 Å². The number of amides is 2. The summed E-state index contributed by atoms with van der Waals surface area (Å²) in [6.07, 6.45) is -1.21. The van der Waals surface area contributed by atoms with Crippen molar-refractivity contribution in [3.8, 4) is 6.07 Å². The van der Waals surface area contributed by atoms with Crippen molar-refractivity contribution in [2.75, 3.05) is 26.8 Å². The number of urea groups is 1. The SMILES string of the molecule is COC(=O)C[C@H](NC(=O)N1CCOC(C#N)C1)C(=O)O. The standard InChI is InChI=1S/C11H15N3O6/c1-19-9(15)4-8(10(16)17)13-11(18)14-2-3-20-7(5-12)6-14/h7-8H,2-4,6H2,1H3,(H,13,18)(H,16,17)/t7?,8-/m0/s1. The minimum atomic E-state index is -1.38. The van der Waals surface area contributed by atoms with E-state index in [1.54, 1.807) is 0 Å². The van der Waals surface area contributed by atoms with Gasteiger partial charge in [0, 0.05) is 6.54 Å². The molecular formula is C11H15N3O6. The molecule has 1 unspecified atom stereocenters. The zero-order valence-corrected chi connectivity index (χ0v) is 10.9. The Balaban J connectivity index is 2.59. The van der Waals surface area contributed by atoms with Crippen LogP contribution in [-0.2, 0) is 19.1 Å². The number of carbonyl (C=O) groups is 3. The number of carbonyl (C=O) groups excluding carboxylic acids is 2. The van der Waals surface area contributed by atoms with Crippen molar-refractivity contribution in [1.29, 1.82) is 5.26 Å². The first-order chi connectivity index (χ1) is 9.47. The van der Waals surface area contributed by atoms with Crippen molar-refractivity contribution in [2.45, 2.75) is 18.6 Å². The number of nitrogens with zero attached hydrogens (tertiary/aromatic N) is 2. The maximum Gasteiger partial charge on any atom is 0.326 e. The largest absolute Gasteiger partial charge is 0.480 e. The molecule has 1 aliphatic rings. The van der Waals surface area contributed by atoms with Crippen LogP contribution >= 0.6 is 0 Å². The van der Waals surface area contributed by atoms with E-state index in [1.165, 1.54) is 4.90 Å². The minimum Gasteiger partial charge on any atom is -0.480 e. The molecule has 1 aliphatic heterocycles. The summed E-state index contributed by atoms with van der Waals surface area (Å²) >= 11 is 0. The van der Waals surface area contributed by atoms with Crippen molar-refractivity contribution < 1.29 is 29.0 Å². The van der Waals surface area contributed by atoms with E-state index < -0.39 is 36.5 Å². The molecule has 2 atom stereocenters. The number of hydrogen-bond donors (Lipinski definition) is 2. The second-order valence-electron chi connectivity index (χ2n) is 4.06. The lowest BCUT2D eigenvalue weighted by Gasteiger charge is -2.30. The molecule has 20 heavy (non-hydrogen) atoms. The van der Waals surface area contributed by atoms with E-state index in [-0.39, 0.29) is 19.7 Å². The highest BCUT2D eigenvalue weighted by Gasteiger charge is 2.29. The summed E-state index contributed by atoms with van der Waals surface area (Å²) in [6, 6.07) is -0.167. The average Bonchev–Trinajstić information content (AvgIpc) is 2.46. The quantitative estimate of drug-likeness (QED) is 0.629. The summed E-state index contributed by atoms with van der Waals surface area (Å²) in [5, 5.41) is 19.9. The summed E-state index contributed by atoms with van der Waals surface area (Å²) in [6.45, 7) is 0.488. The highest BCUT2D eigenvalue weighted by atomic mass is 16.5. The van der Waals surface area contributed by atoms with Gasteiger partial charge < -0.3 is 24.8 Å². The van der Waals surface area contributed by atoms with E-state index in [0.717, 1.165) is 7.11 Å². The lowest BCUT2D eigenvalue weighted by atomic mass is 10.2. The van der Waals surface area contributed by atoms with E-state index >= 15 is 0 Å². The number of carboxylic acid groups (broad SMARTS) is 1. The molecule has 0 radical (unpaired) electrons. The van der Waals surface area contributed by atoms with Crippen molar-refractivity contribution in [2.24, 2.45) is 0 Å². The number of nitrogens with one attached hydrogen (secondary N) is 1. The molecule has 9 nitrogen and oxygen atoms in total. The Morgan fingerprint density at radius 2 is 2.30 bits per heavy atom. The molecule has 2 N–H and O–H groups in total. The number of hydrogen-bond acceptors (Lipinski definition) is 6. The molecule has 2 amide bonds. The predicted octanol–water partition coefficient (Wildman–Crippen LogP) is -1.06. The number of ether oxygens (including phenoxy) is 2. The van der Waals surface area contributed by atoms with Crippen molar-refractivity contribution >= 4 is 18.0 Å². The molecule has 1 rings (SSSR count). The van der Waals surface area contributed by atoms with Crippen LogP contribution in [0.2, 0.25) is 0 Å². The molecular weight excluding hydrogens is 270 g/mol. The van der Waals surface area contributed by atoms with Crippen LogP contribution in [0.3, 0.4) is 0 Å². The predicted molar refractivity (Wildman–Crippen MR) is 63.5 cm³/mol. The average molecular weight is 285 g/mol. The number of esters is 1. The number of carboxylic acids is 1. The molecule has 0 bridgehead atoms. The Labute approximate surface area is 115 Å². The van der Waals surface area contributed by atoms with Gasteiger partial charge in [0.25, 0.3) is 0 Å². The van der Waals surface area contributed by atoms with Gasteiger partial charge >= 0.3 is 18.0 Å². The number of morpholine rings is 1. The lowest BCUT2D eigenvalue weighted by Crippen LogP contribution is -2.53. The molecule has 0 spiro atoms. The Bertz CT molecular complexity index is 432. The van der Waals surface area contributed by atoms with Crippen LogP contribution in [0.4, 0.5) is 4.79 Å². The number of methoxy groups -OCH3 is 1. The molecule has 110 valence electrons. The Morgan fingerprint density at radius 1 is 1.60 bits per heavy atom. The molecule has 1 fully saturated rings. The maximum atomic E-state index is 11.9. The molecule has 1 heterocycles. The first kappa shape index (κ1) is 15.7. The van der Waals surface area contributed by atoms with Crippen molar-refractivity contribution in [3.05, 3.63) is 0 Å². The van der Waals surface area contributed by atoms with Gasteiger partial charge in [-0.25, -0.2) is 9.59 Å². The van der Waals surface area contributed by atoms with Gasteiger partial charge in [-0.3, -0.25) is 4.79 Å². The second kappa shape index (κ2) is 7.30. The highest BCUT2D eigenvalue weighted by Crippen LogP contribution is 2.05. The van der Waals surface area contributed by atoms with Gasteiger partial charge in [-0.05, 0) is 0 Å². The highest BCUT2D eigenvalue weighted by molar-refractivity contribution is 5.86. The number of rotatable bonds is 4. The zero-order chi connectivity index (χ0) is 15.1. The van der Waals surface area contributed by atoms with Crippen LogP contribution in [0.5, 0.6) is 0 Å². The molecule has 0 aromatic heterocycles. The van der Waals surface area contributed by atoms with Crippen LogP contribution in [0.1, 0.15) is 6.42 Å². The third-order valence-corrected chi connectivity index (χ3v) is 2.69. The second-order valence-corrected chi connectivity index (χ2v) is 4.06. The first-order valence-corrected chi connectivity index (χ1v) is 5.84. The van der Waals surface area contributed by atoms with Crippen molar-refractivity contribution in [1.82, 2.24) is 10.2 Å². The van der Waals surface area contributed by atoms with Gasteiger partial charge in [0.1, 0.15) is 6.04 Å². The summed E-state index contributed by atoms with van der Waals surface area (Å²) in [5.74, 6) is -2.08. The van der Waals surface area contributed by atoms with Gasteiger partial charge in [-0.2, -0.15) is 5.26 Å². The van der Waals surface area contributed by atoms with E-state index in [0.29, 0.717) is 0 Å². The maximum absolute atomic E-state index is 11.9. The van der Waals surface area contributed by atoms with Crippen LogP contribution in [0, 0.1) is 11.3 Å². The summed E-state index contributed by atoms with van der Waals surface area (Å²) in [5.41, 5.74) is 0. The Morgan fingerprint density at radius 3 is 2.85 bits per heavy atom. The van der Waals surface area contributed by atoms with Gasteiger partial charge in [-0.1, -0.05) is 0 Å². The fraction of sp³-hybridized carbons (Fsp3) is 0.636.